The van der Waals surface area contributed by atoms with E-state index in [9.17, 15) is 9.59 Å². The second kappa shape index (κ2) is 8.13. The monoisotopic (exact) mass is 419 g/mol. The van der Waals surface area contributed by atoms with Gasteiger partial charge in [0, 0.05) is 16.0 Å². The molecule has 27 heavy (non-hydrogen) atoms. The standard InChI is InChI=1S/C20H15Cl2NO3S/c1-11-3-5-12(6-4-11)15-10-27-19(17(15)20(25)26-2)23-18(24)14-9-13(21)7-8-16(14)22/h3-10H,1-2H3,(H,23,24). The van der Waals surface area contributed by atoms with Gasteiger partial charge in [0.15, 0.2) is 0 Å². The summed E-state index contributed by atoms with van der Waals surface area (Å²) in [6.45, 7) is 1.99. The van der Waals surface area contributed by atoms with Crippen LogP contribution in [0.1, 0.15) is 26.3 Å². The lowest BCUT2D eigenvalue weighted by Crippen LogP contribution is -2.14. The molecule has 0 fully saturated rings. The summed E-state index contributed by atoms with van der Waals surface area (Å²) < 4.78 is 4.92. The smallest absolute Gasteiger partial charge is 0.341 e. The van der Waals surface area contributed by atoms with E-state index in [0.29, 0.717) is 21.2 Å². The third-order valence-corrected chi connectivity index (χ3v) is 5.40. The predicted octanol–water partition coefficient (Wildman–Crippen LogP) is 6.07. The number of carbonyl (C=O) groups excluding carboxylic acids is 2. The molecule has 0 aliphatic rings. The molecule has 4 nitrogen and oxygen atoms in total. The van der Waals surface area contributed by atoms with Gasteiger partial charge in [0.2, 0.25) is 0 Å². The molecule has 1 amide bonds. The highest BCUT2D eigenvalue weighted by Crippen LogP contribution is 2.37. The van der Waals surface area contributed by atoms with Crippen molar-refractivity contribution >= 4 is 51.4 Å². The molecule has 1 heterocycles. The first kappa shape index (κ1) is 19.4. The van der Waals surface area contributed by atoms with Crippen LogP contribution in [0, 0.1) is 6.92 Å². The average Bonchev–Trinajstić information content (AvgIpc) is 3.07. The first-order valence-electron chi connectivity index (χ1n) is 7.94. The molecule has 0 aliphatic carbocycles. The van der Waals surface area contributed by atoms with Gasteiger partial charge in [0.1, 0.15) is 10.6 Å². The Labute approximate surface area is 170 Å². The zero-order valence-corrected chi connectivity index (χ0v) is 16.8. The highest BCUT2D eigenvalue weighted by molar-refractivity contribution is 7.15. The lowest BCUT2D eigenvalue weighted by molar-refractivity contribution is 0.0603. The summed E-state index contributed by atoms with van der Waals surface area (Å²) in [5.74, 6) is -0.982. The molecule has 1 aromatic heterocycles. The zero-order chi connectivity index (χ0) is 19.6. The molecule has 0 bridgehead atoms. The fraction of sp³-hybridized carbons (Fsp3) is 0.100. The molecule has 0 radical (unpaired) electrons. The number of esters is 1. The molecule has 0 aliphatic heterocycles. The van der Waals surface area contributed by atoms with Crippen LogP contribution in [0.5, 0.6) is 0 Å². The van der Waals surface area contributed by atoms with Crippen LogP contribution in [0.25, 0.3) is 11.1 Å². The van der Waals surface area contributed by atoms with Gasteiger partial charge >= 0.3 is 5.97 Å². The molecule has 3 rings (SSSR count). The fourth-order valence-corrected chi connectivity index (χ4v) is 3.87. The predicted molar refractivity (Wildman–Crippen MR) is 110 cm³/mol. The van der Waals surface area contributed by atoms with Crippen molar-refractivity contribution in [2.45, 2.75) is 6.92 Å². The third kappa shape index (κ3) is 4.16. The van der Waals surface area contributed by atoms with Crippen molar-refractivity contribution in [1.82, 2.24) is 0 Å². The summed E-state index contributed by atoms with van der Waals surface area (Å²) in [4.78, 5) is 25.0. The SMILES string of the molecule is COC(=O)c1c(-c2ccc(C)cc2)csc1NC(=O)c1cc(Cl)ccc1Cl. The Hall–Kier alpha value is -2.34. The Balaban J connectivity index is 2.00. The van der Waals surface area contributed by atoms with E-state index < -0.39 is 11.9 Å². The number of anilines is 1. The van der Waals surface area contributed by atoms with E-state index in [1.54, 1.807) is 12.1 Å². The molecule has 2 aromatic carbocycles. The van der Waals surface area contributed by atoms with E-state index in [1.807, 2.05) is 36.6 Å². The Morgan fingerprint density at radius 2 is 1.78 bits per heavy atom. The lowest BCUT2D eigenvalue weighted by Gasteiger charge is -2.09. The van der Waals surface area contributed by atoms with Crippen LogP contribution in [0.3, 0.4) is 0 Å². The van der Waals surface area contributed by atoms with Crippen LogP contribution in [-0.4, -0.2) is 19.0 Å². The molecular formula is C20H15Cl2NO3S. The van der Waals surface area contributed by atoms with Crippen LogP contribution in [-0.2, 0) is 4.74 Å². The van der Waals surface area contributed by atoms with Gasteiger partial charge in [-0.1, -0.05) is 53.0 Å². The topological polar surface area (TPSA) is 55.4 Å². The number of rotatable bonds is 4. The fourth-order valence-electron chi connectivity index (χ4n) is 2.54. The summed E-state index contributed by atoms with van der Waals surface area (Å²) in [5, 5.41) is 5.61. The number of thiophene rings is 1. The van der Waals surface area contributed by atoms with E-state index in [1.165, 1.54) is 24.5 Å². The molecular weight excluding hydrogens is 405 g/mol. The Bertz CT molecular complexity index is 1010. The molecule has 7 heteroatoms. The van der Waals surface area contributed by atoms with Crippen molar-refractivity contribution in [3.8, 4) is 11.1 Å². The third-order valence-electron chi connectivity index (χ3n) is 3.94. The van der Waals surface area contributed by atoms with E-state index in [-0.39, 0.29) is 10.6 Å². The Kier molecular flexibility index (Phi) is 5.85. The van der Waals surface area contributed by atoms with E-state index in [0.717, 1.165) is 11.1 Å². The van der Waals surface area contributed by atoms with Crippen molar-refractivity contribution in [3.63, 3.8) is 0 Å². The average molecular weight is 420 g/mol. The van der Waals surface area contributed by atoms with Crippen molar-refractivity contribution in [2.24, 2.45) is 0 Å². The van der Waals surface area contributed by atoms with Gasteiger partial charge < -0.3 is 10.1 Å². The highest BCUT2D eigenvalue weighted by atomic mass is 35.5. The van der Waals surface area contributed by atoms with Gasteiger partial charge in [0.25, 0.3) is 5.91 Å². The van der Waals surface area contributed by atoms with Gasteiger partial charge in [-0.3, -0.25) is 4.79 Å². The summed E-state index contributed by atoms with van der Waals surface area (Å²) in [6, 6.07) is 12.4. The van der Waals surface area contributed by atoms with Crippen LogP contribution >= 0.6 is 34.5 Å². The van der Waals surface area contributed by atoms with Gasteiger partial charge in [-0.15, -0.1) is 11.3 Å². The molecule has 0 saturated carbocycles. The van der Waals surface area contributed by atoms with E-state index in [4.69, 9.17) is 27.9 Å². The number of methoxy groups -OCH3 is 1. The van der Waals surface area contributed by atoms with Crippen LogP contribution in [0.4, 0.5) is 5.00 Å². The van der Waals surface area contributed by atoms with Crippen molar-refractivity contribution in [1.29, 1.82) is 0 Å². The van der Waals surface area contributed by atoms with Crippen molar-refractivity contribution in [3.05, 3.63) is 74.6 Å². The van der Waals surface area contributed by atoms with Gasteiger partial charge in [0.05, 0.1) is 17.7 Å². The molecule has 1 N–H and O–H groups in total. The summed E-state index contributed by atoms with van der Waals surface area (Å²) in [5.41, 5.74) is 3.19. The number of hydrogen-bond acceptors (Lipinski definition) is 4. The minimum Gasteiger partial charge on any atom is -0.465 e. The number of carbonyl (C=O) groups is 2. The molecule has 0 atom stereocenters. The van der Waals surface area contributed by atoms with Gasteiger partial charge in [-0.2, -0.15) is 0 Å². The maximum Gasteiger partial charge on any atom is 0.341 e. The molecule has 138 valence electrons. The van der Waals surface area contributed by atoms with Crippen LogP contribution in [0.2, 0.25) is 10.0 Å². The number of halogens is 2. The Morgan fingerprint density at radius 3 is 2.44 bits per heavy atom. The van der Waals surface area contributed by atoms with Crippen molar-refractivity contribution < 1.29 is 14.3 Å². The molecule has 3 aromatic rings. The molecule has 0 unspecified atom stereocenters. The van der Waals surface area contributed by atoms with Crippen LogP contribution in [0.15, 0.2) is 47.8 Å². The first-order valence-corrected chi connectivity index (χ1v) is 9.57. The summed E-state index contributed by atoms with van der Waals surface area (Å²) in [6.07, 6.45) is 0. The second-order valence-electron chi connectivity index (χ2n) is 5.79. The number of benzene rings is 2. The highest BCUT2D eigenvalue weighted by Gasteiger charge is 2.23. The number of ether oxygens (including phenoxy) is 1. The Morgan fingerprint density at radius 1 is 1.07 bits per heavy atom. The molecule has 0 saturated heterocycles. The normalized spacial score (nSPS) is 10.5. The summed E-state index contributed by atoms with van der Waals surface area (Å²) >= 11 is 13.3. The van der Waals surface area contributed by atoms with E-state index >= 15 is 0 Å². The number of amides is 1. The van der Waals surface area contributed by atoms with E-state index in [2.05, 4.69) is 5.32 Å². The maximum absolute atomic E-state index is 12.6. The minimum absolute atomic E-state index is 0.227. The lowest BCUT2D eigenvalue weighted by atomic mass is 10.0. The summed E-state index contributed by atoms with van der Waals surface area (Å²) in [7, 11) is 1.30. The molecule has 0 spiro atoms. The second-order valence-corrected chi connectivity index (χ2v) is 7.51. The number of hydrogen-bond donors (Lipinski definition) is 1. The quantitative estimate of drug-likeness (QED) is 0.522. The van der Waals surface area contributed by atoms with Gasteiger partial charge in [-0.25, -0.2) is 4.79 Å². The maximum atomic E-state index is 12.6. The van der Waals surface area contributed by atoms with Crippen molar-refractivity contribution in [2.75, 3.05) is 12.4 Å². The minimum atomic E-state index is -0.528. The number of nitrogens with one attached hydrogen (secondary N) is 1. The number of aryl methyl sites for hydroxylation is 1. The largest absolute Gasteiger partial charge is 0.465 e. The zero-order valence-electron chi connectivity index (χ0n) is 14.5. The first-order chi connectivity index (χ1) is 12.9. The van der Waals surface area contributed by atoms with Crippen LogP contribution < -0.4 is 5.32 Å². The van der Waals surface area contributed by atoms with Gasteiger partial charge in [-0.05, 0) is 30.7 Å².